The number of carbonyl (C=O) groups is 1. The maximum atomic E-state index is 13.3. The van der Waals surface area contributed by atoms with Gasteiger partial charge in [0.05, 0.1) is 10.9 Å². The van der Waals surface area contributed by atoms with Gasteiger partial charge in [-0.1, -0.05) is 78.9 Å². The molecule has 7 heteroatoms. The Morgan fingerprint density at radius 1 is 0.969 bits per heavy atom. The van der Waals surface area contributed by atoms with Gasteiger partial charge in [-0.15, -0.1) is 18.3 Å². The smallest absolute Gasteiger partial charge is 0.249 e. The minimum absolute atomic E-state index is 0.181. The standard InChI is InChI=1S/C25H24N2O3S2/c1-2-23(21-11-7-4-8-12-21)26-24(28)25-27(17-18-31-25)32(29,30)22-15-13-20(14-16-22)19-9-5-3-6-10-19/h2-16,23,25H,1,17-18H2,(H,26,28)/t23-,25-/m0/s1. The molecule has 1 saturated heterocycles. The molecule has 2 atom stereocenters. The predicted octanol–water partition coefficient (Wildman–Crippen LogP) is 4.46. The molecule has 0 radical (unpaired) electrons. The fraction of sp³-hybridized carbons (Fsp3) is 0.160. The summed E-state index contributed by atoms with van der Waals surface area (Å²) in [4.78, 5) is 13.2. The Bertz CT molecular complexity index is 1180. The molecule has 0 saturated carbocycles. The number of thioether (sulfide) groups is 1. The number of carbonyl (C=O) groups excluding carboxylic acids is 1. The van der Waals surface area contributed by atoms with Gasteiger partial charge in [-0.25, -0.2) is 8.42 Å². The average molecular weight is 465 g/mol. The summed E-state index contributed by atoms with van der Waals surface area (Å²) in [6.45, 7) is 4.10. The van der Waals surface area contributed by atoms with Gasteiger partial charge in [0, 0.05) is 12.3 Å². The van der Waals surface area contributed by atoms with Gasteiger partial charge < -0.3 is 5.32 Å². The molecular formula is C25H24N2O3S2. The molecule has 32 heavy (non-hydrogen) atoms. The van der Waals surface area contributed by atoms with Gasteiger partial charge >= 0.3 is 0 Å². The van der Waals surface area contributed by atoms with Crippen molar-refractivity contribution in [1.82, 2.24) is 9.62 Å². The van der Waals surface area contributed by atoms with E-state index in [0.29, 0.717) is 5.75 Å². The summed E-state index contributed by atoms with van der Waals surface area (Å²) in [7, 11) is -3.81. The molecule has 1 aliphatic heterocycles. The highest BCUT2D eigenvalue weighted by atomic mass is 32.2. The van der Waals surface area contributed by atoms with Crippen LogP contribution in [0.1, 0.15) is 11.6 Å². The minimum Gasteiger partial charge on any atom is -0.344 e. The summed E-state index contributed by atoms with van der Waals surface area (Å²) < 4.78 is 28.0. The van der Waals surface area contributed by atoms with Gasteiger partial charge in [-0.2, -0.15) is 4.31 Å². The zero-order chi connectivity index (χ0) is 22.6. The number of nitrogens with one attached hydrogen (secondary N) is 1. The van der Waals surface area contributed by atoms with Crippen LogP contribution >= 0.6 is 11.8 Å². The second-order valence-electron chi connectivity index (χ2n) is 7.36. The van der Waals surface area contributed by atoms with Crippen molar-refractivity contribution >= 4 is 27.7 Å². The lowest BCUT2D eigenvalue weighted by Gasteiger charge is -2.24. The minimum atomic E-state index is -3.81. The molecule has 1 amide bonds. The molecular weight excluding hydrogens is 440 g/mol. The Kier molecular flexibility index (Phi) is 6.79. The number of sulfonamides is 1. The highest BCUT2D eigenvalue weighted by molar-refractivity contribution is 8.02. The van der Waals surface area contributed by atoms with Crippen LogP contribution in [-0.2, 0) is 14.8 Å². The van der Waals surface area contributed by atoms with E-state index in [9.17, 15) is 13.2 Å². The van der Waals surface area contributed by atoms with Crippen molar-refractivity contribution in [3.63, 3.8) is 0 Å². The SMILES string of the molecule is C=C[C@H](NC(=O)[C@@H]1SCCN1S(=O)(=O)c1ccc(-c2ccccc2)cc1)c1ccccc1. The van der Waals surface area contributed by atoms with E-state index in [1.54, 1.807) is 30.3 Å². The first-order valence-corrected chi connectivity index (χ1v) is 12.8. The molecule has 4 rings (SSSR count). The van der Waals surface area contributed by atoms with E-state index in [1.807, 2.05) is 60.7 Å². The molecule has 164 valence electrons. The zero-order valence-electron chi connectivity index (χ0n) is 17.4. The molecule has 3 aromatic carbocycles. The summed E-state index contributed by atoms with van der Waals surface area (Å²) in [5.74, 6) is 0.217. The van der Waals surface area contributed by atoms with Crippen molar-refractivity contribution in [1.29, 1.82) is 0 Å². The third-order valence-corrected chi connectivity index (χ3v) is 8.55. The Morgan fingerprint density at radius 2 is 1.56 bits per heavy atom. The number of hydrogen-bond acceptors (Lipinski definition) is 4. The summed E-state index contributed by atoms with van der Waals surface area (Å²) in [5, 5.41) is 2.11. The molecule has 0 aromatic heterocycles. The molecule has 0 bridgehead atoms. The lowest BCUT2D eigenvalue weighted by atomic mass is 10.1. The first-order chi connectivity index (χ1) is 15.5. The Balaban J connectivity index is 1.53. The largest absolute Gasteiger partial charge is 0.344 e. The normalized spacial score (nSPS) is 17.6. The Morgan fingerprint density at radius 3 is 2.19 bits per heavy atom. The second-order valence-corrected chi connectivity index (χ2v) is 10.4. The van der Waals surface area contributed by atoms with Crippen LogP contribution in [0, 0.1) is 0 Å². The molecule has 1 heterocycles. The van der Waals surface area contributed by atoms with Crippen LogP contribution in [0.4, 0.5) is 0 Å². The number of nitrogens with zero attached hydrogens (tertiary/aromatic N) is 1. The highest BCUT2D eigenvalue weighted by Crippen LogP contribution is 2.32. The van der Waals surface area contributed by atoms with Crippen molar-refractivity contribution in [2.45, 2.75) is 16.3 Å². The van der Waals surface area contributed by atoms with Gasteiger partial charge in [-0.05, 0) is 28.8 Å². The van der Waals surface area contributed by atoms with E-state index in [1.165, 1.54) is 16.1 Å². The quantitative estimate of drug-likeness (QED) is 0.524. The van der Waals surface area contributed by atoms with Crippen molar-refractivity contribution in [2.75, 3.05) is 12.3 Å². The van der Waals surface area contributed by atoms with Gasteiger partial charge in [0.2, 0.25) is 15.9 Å². The zero-order valence-corrected chi connectivity index (χ0v) is 19.1. The van der Waals surface area contributed by atoms with Gasteiger partial charge in [0.1, 0.15) is 5.37 Å². The Hall–Kier alpha value is -2.87. The van der Waals surface area contributed by atoms with Crippen LogP contribution in [0.3, 0.4) is 0 Å². The lowest BCUT2D eigenvalue weighted by Crippen LogP contribution is -2.45. The van der Waals surface area contributed by atoms with Crippen molar-refractivity contribution in [3.8, 4) is 11.1 Å². The van der Waals surface area contributed by atoms with E-state index >= 15 is 0 Å². The van der Waals surface area contributed by atoms with Crippen LogP contribution in [-0.4, -0.2) is 36.3 Å². The number of benzene rings is 3. The van der Waals surface area contributed by atoms with Crippen molar-refractivity contribution < 1.29 is 13.2 Å². The first-order valence-electron chi connectivity index (χ1n) is 10.3. The van der Waals surface area contributed by atoms with Crippen LogP contribution in [0.2, 0.25) is 0 Å². The van der Waals surface area contributed by atoms with Crippen LogP contribution in [0.25, 0.3) is 11.1 Å². The van der Waals surface area contributed by atoms with Crippen molar-refractivity contribution in [2.24, 2.45) is 0 Å². The highest BCUT2D eigenvalue weighted by Gasteiger charge is 2.40. The molecule has 3 aromatic rings. The lowest BCUT2D eigenvalue weighted by molar-refractivity contribution is -0.122. The summed E-state index contributed by atoms with van der Waals surface area (Å²) in [6.07, 6.45) is 1.65. The molecule has 0 unspecified atom stereocenters. The van der Waals surface area contributed by atoms with Crippen LogP contribution in [0.15, 0.2) is 102 Å². The predicted molar refractivity (Wildman–Crippen MR) is 130 cm³/mol. The summed E-state index contributed by atoms with van der Waals surface area (Å²) in [6, 6.07) is 25.7. The number of amides is 1. The Labute approximate surface area is 193 Å². The maximum Gasteiger partial charge on any atom is 0.249 e. The molecule has 0 aliphatic carbocycles. The fourth-order valence-corrected chi connectivity index (χ4v) is 6.74. The number of rotatable bonds is 7. The molecule has 0 spiro atoms. The molecule has 1 aliphatic rings. The number of hydrogen-bond donors (Lipinski definition) is 1. The maximum absolute atomic E-state index is 13.3. The fourth-order valence-electron chi connectivity index (χ4n) is 3.66. The summed E-state index contributed by atoms with van der Waals surface area (Å²) in [5.41, 5.74) is 2.85. The second kappa shape index (κ2) is 9.73. The third-order valence-electron chi connectivity index (χ3n) is 5.33. The monoisotopic (exact) mass is 464 g/mol. The van der Waals surface area contributed by atoms with E-state index in [2.05, 4.69) is 11.9 Å². The van der Waals surface area contributed by atoms with Crippen LogP contribution in [0.5, 0.6) is 0 Å². The topological polar surface area (TPSA) is 66.5 Å². The van der Waals surface area contributed by atoms with E-state index in [0.717, 1.165) is 16.7 Å². The van der Waals surface area contributed by atoms with Crippen LogP contribution < -0.4 is 5.32 Å². The average Bonchev–Trinajstić information content (AvgIpc) is 3.35. The van der Waals surface area contributed by atoms with Gasteiger partial charge in [0.25, 0.3) is 0 Å². The van der Waals surface area contributed by atoms with E-state index in [-0.39, 0.29) is 23.4 Å². The van der Waals surface area contributed by atoms with E-state index < -0.39 is 15.4 Å². The third kappa shape index (κ3) is 4.65. The van der Waals surface area contributed by atoms with E-state index in [4.69, 9.17) is 0 Å². The van der Waals surface area contributed by atoms with Gasteiger partial charge in [-0.3, -0.25) is 4.79 Å². The molecule has 1 fully saturated rings. The first kappa shape index (κ1) is 22.3. The van der Waals surface area contributed by atoms with Crippen molar-refractivity contribution in [3.05, 3.63) is 103 Å². The summed E-state index contributed by atoms with van der Waals surface area (Å²) >= 11 is 1.33. The van der Waals surface area contributed by atoms with Gasteiger partial charge in [0.15, 0.2) is 0 Å². The molecule has 1 N–H and O–H groups in total. The molecule has 5 nitrogen and oxygen atoms in total.